The summed E-state index contributed by atoms with van der Waals surface area (Å²) in [6.07, 6.45) is 2.07. The Hall–Kier alpha value is -1.91. The largest absolute Gasteiger partial charge is 0.397 e. The second-order valence-corrected chi connectivity index (χ2v) is 2.99. The van der Waals surface area contributed by atoms with Gasteiger partial charge in [-0.3, -0.25) is 4.79 Å². The van der Waals surface area contributed by atoms with Crippen molar-refractivity contribution in [2.75, 3.05) is 5.73 Å². The van der Waals surface area contributed by atoms with Gasteiger partial charge in [0.15, 0.2) is 5.52 Å². The van der Waals surface area contributed by atoms with E-state index in [0.29, 0.717) is 16.7 Å². The molecule has 0 aliphatic heterocycles. The fourth-order valence-corrected chi connectivity index (χ4v) is 1.31. The molecular weight excluding hydrogens is 180 g/mol. The molecule has 0 aliphatic rings. The Bertz CT molecular complexity index is 532. The number of nitrogen functional groups attached to an aromatic ring is 1. The summed E-state index contributed by atoms with van der Waals surface area (Å²) in [6, 6.07) is 1.74. The van der Waals surface area contributed by atoms with E-state index in [2.05, 4.69) is 15.0 Å². The molecule has 0 saturated heterocycles. The lowest BCUT2D eigenvalue weighted by atomic mass is 10.2. The molecule has 2 aromatic heterocycles. The van der Waals surface area contributed by atoms with Crippen molar-refractivity contribution in [3.8, 4) is 0 Å². The van der Waals surface area contributed by atoms with Crippen LogP contribution < -0.4 is 11.3 Å². The topological polar surface area (TPSA) is 84.7 Å². The number of hydrogen-bond donors (Lipinski definition) is 2. The maximum Gasteiger partial charge on any atom is 0.277 e. The van der Waals surface area contributed by atoms with E-state index in [1.165, 1.54) is 6.33 Å². The molecule has 0 fully saturated rings. The van der Waals surface area contributed by atoms with Gasteiger partial charge in [-0.1, -0.05) is 6.92 Å². The number of fused-ring (bicyclic) bond motifs is 1. The molecule has 14 heavy (non-hydrogen) atoms. The van der Waals surface area contributed by atoms with Crippen molar-refractivity contribution >= 4 is 16.7 Å². The van der Waals surface area contributed by atoms with E-state index in [0.717, 1.165) is 12.1 Å². The number of nitrogens with one attached hydrogen (secondary N) is 1. The molecule has 0 aliphatic carbocycles. The zero-order chi connectivity index (χ0) is 10.1. The smallest absolute Gasteiger partial charge is 0.277 e. The molecule has 5 nitrogen and oxygen atoms in total. The number of anilines is 1. The highest BCUT2D eigenvalue weighted by Gasteiger charge is 2.05. The molecule has 0 aromatic carbocycles. The number of pyridine rings is 1. The molecule has 2 aromatic rings. The minimum Gasteiger partial charge on any atom is -0.397 e. The van der Waals surface area contributed by atoms with Crippen LogP contribution >= 0.6 is 0 Å². The van der Waals surface area contributed by atoms with Crippen LogP contribution in [0.4, 0.5) is 5.69 Å². The average molecular weight is 190 g/mol. The molecule has 3 N–H and O–H groups in total. The summed E-state index contributed by atoms with van der Waals surface area (Å²) >= 11 is 0. The molecule has 0 amide bonds. The van der Waals surface area contributed by atoms with Gasteiger partial charge in [0, 0.05) is 5.69 Å². The van der Waals surface area contributed by atoms with E-state index >= 15 is 0 Å². The lowest BCUT2D eigenvalue weighted by molar-refractivity contribution is 1.04. The number of nitrogens with two attached hydrogens (primary N) is 1. The first-order valence-corrected chi connectivity index (χ1v) is 4.35. The molecule has 72 valence electrons. The lowest BCUT2D eigenvalue weighted by Gasteiger charge is -2.02. The number of rotatable bonds is 1. The van der Waals surface area contributed by atoms with Crippen molar-refractivity contribution in [2.45, 2.75) is 13.3 Å². The molecule has 2 heterocycles. The van der Waals surface area contributed by atoms with Crippen LogP contribution in [0.25, 0.3) is 11.0 Å². The van der Waals surface area contributed by atoms with E-state index in [4.69, 9.17) is 5.73 Å². The fraction of sp³-hybridized carbons (Fsp3) is 0.222. The normalized spacial score (nSPS) is 10.6. The Kier molecular flexibility index (Phi) is 1.92. The summed E-state index contributed by atoms with van der Waals surface area (Å²) in [5, 5.41) is 0. The van der Waals surface area contributed by atoms with Gasteiger partial charge in [0.25, 0.3) is 5.56 Å². The maximum atomic E-state index is 11.4. The quantitative estimate of drug-likeness (QED) is 0.684. The summed E-state index contributed by atoms with van der Waals surface area (Å²) in [7, 11) is 0. The standard InChI is InChI=1S/C9H10N4O/c1-2-5-3-6(10)7-8(13-5)9(14)12-4-11-7/h3-4H,2H2,1H3,(H2,10,13)(H,11,12,14). The predicted octanol–water partition coefficient (Wildman–Crippen LogP) is 0.463. The number of H-pyrrole nitrogens is 1. The zero-order valence-corrected chi connectivity index (χ0v) is 7.74. The Balaban J connectivity index is 2.91. The summed E-state index contributed by atoms with van der Waals surface area (Å²) in [5.41, 5.74) is 7.56. The molecule has 0 radical (unpaired) electrons. The Morgan fingerprint density at radius 2 is 2.29 bits per heavy atom. The van der Waals surface area contributed by atoms with E-state index < -0.39 is 0 Å². The number of aromatic nitrogens is 3. The molecule has 0 saturated carbocycles. The third-order valence-corrected chi connectivity index (χ3v) is 2.04. The maximum absolute atomic E-state index is 11.4. The Morgan fingerprint density at radius 1 is 1.50 bits per heavy atom. The number of hydrogen-bond acceptors (Lipinski definition) is 4. The van der Waals surface area contributed by atoms with E-state index in [1.807, 2.05) is 6.92 Å². The van der Waals surface area contributed by atoms with E-state index in [-0.39, 0.29) is 5.56 Å². The van der Waals surface area contributed by atoms with Gasteiger partial charge in [-0.2, -0.15) is 0 Å². The van der Waals surface area contributed by atoms with Crippen LogP contribution in [0, 0.1) is 0 Å². The summed E-state index contributed by atoms with van der Waals surface area (Å²) in [4.78, 5) is 22.0. The summed E-state index contributed by atoms with van der Waals surface area (Å²) in [6.45, 7) is 1.96. The van der Waals surface area contributed by atoms with Gasteiger partial charge in [0.05, 0.1) is 12.0 Å². The molecule has 0 spiro atoms. The molecule has 0 atom stereocenters. The third-order valence-electron chi connectivity index (χ3n) is 2.04. The average Bonchev–Trinajstić information content (AvgIpc) is 2.19. The van der Waals surface area contributed by atoms with Crippen LogP contribution in [0.2, 0.25) is 0 Å². The summed E-state index contributed by atoms with van der Waals surface area (Å²) < 4.78 is 0. The summed E-state index contributed by atoms with van der Waals surface area (Å²) in [5.74, 6) is 0. The van der Waals surface area contributed by atoms with E-state index in [1.54, 1.807) is 6.07 Å². The monoisotopic (exact) mass is 190 g/mol. The first-order chi connectivity index (χ1) is 6.72. The van der Waals surface area contributed by atoms with Crippen LogP contribution in [-0.2, 0) is 6.42 Å². The third kappa shape index (κ3) is 1.22. The van der Waals surface area contributed by atoms with E-state index in [9.17, 15) is 4.79 Å². The van der Waals surface area contributed by atoms with Crippen LogP contribution in [0.3, 0.4) is 0 Å². The first kappa shape index (κ1) is 8.68. The highest BCUT2D eigenvalue weighted by atomic mass is 16.1. The molecule has 0 unspecified atom stereocenters. The van der Waals surface area contributed by atoms with Crippen molar-refractivity contribution in [1.82, 2.24) is 15.0 Å². The molecule has 0 bridgehead atoms. The highest BCUT2D eigenvalue weighted by molar-refractivity contribution is 5.85. The SMILES string of the molecule is CCc1cc(N)c2nc[nH]c(=O)c2n1. The van der Waals surface area contributed by atoms with Crippen LogP contribution in [0.1, 0.15) is 12.6 Å². The number of aryl methyl sites for hydroxylation is 1. The van der Waals surface area contributed by atoms with Crippen molar-refractivity contribution in [1.29, 1.82) is 0 Å². The van der Waals surface area contributed by atoms with Gasteiger partial charge in [-0.25, -0.2) is 9.97 Å². The van der Waals surface area contributed by atoms with Gasteiger partial charge < -0.3 is 10.7 Å². The highest BCUT2D eigenvalue weighted by Crippen LogP contribution is 2.14. The second-order valence-electron chi connectivity index (χ2n) is 2.99. The number of aromatic amines is 1. The van der Waals surface area contributed by atoms with Gasteiger partial charge in [0.2, 0.25) is 0 Å². The van der Waals surface area contributed by atoms with Gasteiger partial charge >= 0.3 is 0 Å². The molecule has 5 heteroatoms. The van der Waals surface area contributed by atoms with Crippen LogP contribution in [0.15, 0.2) is 17.2 Å². The van der Waals surface area contributed by atoms with Gasteiger partial charge in [-0.05, 0) is 12.5 Å². The van der Waals surface area contributed by atoms with Crippen molar-refractivity contribution in [2.24, 2.45) is 0 Å². The Labute approximate surface area is 80.0 Å². The fourth-order valence-electron chi connectivity index (χ4n) is 1.31. The predicted molar refractivity (Wildman–Crippen MR) is 53.9 cm³/mol. The molecule has 2 rings (SSSR count). The van der Waals surface area contributed by atoms with Gasteiger partial charge in [0.1, 0.15) is 5.52 Å². The molecular formula is C9H10N4O. The van der Waals surface area contributed by atoms with Gasteiger partial charge in [-0.15, -0.1) is 0 Å². The zero-order valence-electron chi connectivity index (χ0n) is 7.74. The van der Waals surface area contributed by atoms with Crippen molar-refractivity contribution in [3.05, 3.63) is 28.4 Å². The minimum atomic E-state index is -0.253. The second kappa shape index (κ2) is 3.10. The lowest BCUT2D eigenvalue weighted by Crippen LogP contribution is -2.10. The minimum absolute atomic E-state index is 0.253. The Morgan fingerprint density at radius 3 is 3.00 bits per heavy atom. The van der Waals surface area contributed by atoms with Crippen molar-refractivity contribution < 1.29 is 0 Å². The van der Waals surface area contributed by atoms with Crippen LogP contribution in [0.5, 0.6) is 0 Å². The first-order valence-electron chi connectivity index (χ1n) is 4.35. The number of nitrogens with zero attached hydrogens (tertiary/aromatic N) is 2. The van der Waals surface area contributed by atoms with Crippen molar-refractivity contribution in [3.63, 3.8) is 0 Å². The van der Waals surface area contributed by atoms with Crippen LogP contribution in [-0.4, -0.2) is 15.0 Å².